The van der Waals surface area contributed by atoms with Crippen molar-refractivity contribution in [2.75, 3.05) is 5.32 Å². The lowest BCUT2D eigenvalue weighted by molar-refractivity contribution is -0.141. The van der Waals surface area contributed by atoms with E-state index in [9.17, 15) is 18.0 Å². The van der Waals surface area contributed by atoms with E-state index in [1.165, 1.54) is 5.56 Å². The molecular weight excluding hydrogens is 405 g/mol. The molecule has 2 aromatic heterocycles. The summed E-state index contributed by atoms with van der Waals surface area (Å²) in [6, 6.07) is 12.3. The number of fused-ring (bicyclic) bond motifs is 1. The number of anilines is 1. The van der Waals surface area contributed by atoms with Crippen molar-refractivity contribution in [1.82, 2.24) is 15.3 Å². The molecule has 0 aliphatic heterocycles. The molecule has 0 unspecified atom stereocenters. The van der Waals surface area contributed by atoms with Gasteiger partial charge in [0.2, 0.25) is 0 Å². The first kappa shape index (κ1) is 21.1. The minimum atomic E-state index is -4.52. The van der Waals surface area contributed by atoms with E-state index in [0.717, 1.165) is 60.7 Å². The maximum atomic E-state index is 12.6. The van der Waals surface area contributed by atoms with Crippen LogP contribution in [0.2, 0.25) is 0 Å². The molecule has 5 nitrogen and oxygen atoms in total. The van der Waals surface area contributed by atoms with Crippen molar-refractivity contribution in [3.05, 3.63) is 65.5 Å². The number of carbonyl (C=O) groups is 1. The third-order valence-electron chi connectivity index (χ3n) is 5.65. The monoisotopic (exact) mass is 428 g/mol. The van der Waals surface area contributed by atoms with E-state index >= 15 is 0 Å². The third kappa shape index (κ3) is 4.95. The molecular formula is C23H23F3N4O. The molecule has 1 aliphatic rings. The van der Waals surface area contributed by atoms with Gasteiger partial charge >= 0.3 is 6.18 Å². The zero-order valence-corrected chi connectivity index (χ0v) is 17.0. The Balaban J connectivity index is 1.31. The van der Waals surface area contributed by atoms with Gasteiger partial charge in [-0.05, 0) is 62.4 Å². The second kappa shape index (κ2) is 8.53. The second-order valence-electron chi connectivity index (χ2n) is 7.94. The first-order valence-corrected chi connectivity index (χ1v) is 10.3. The Kier molecular flexibility index (Phi) is 5.80. The van der Waals surface area contributed by atoms with Gasteiger partial charge in [-0.2, -0.15) is 13.2 Å². The fourth-order valence-corrected chi connectivity index (χ4v) is 3.98. The van der Waals surface area contributed by atoms with Gasteiger partial charge in [0.15, 0.2) is 0 Å². The van der Waals surface area contributed by atoms with Crippen LogP contribution >= 0.6 is 0 Å². The summed E-state index contributed by atoms with van der Waals surface area (Å²) in [6.45, 7) is 2.07. The molecule has 1 fully saturated rings. The minimum Gasteiger partial charge on any atom is -0.367 e. The van der Waals surface area contributed by atoms with Gasteiger partial charge in [-0.15, -0.1) is 0 Å². The Morgan fingerprint density at radius 3 is 2.42 bits per heavy atom. The standard InChI is InChI=1S/C23H23F3N4O/c1-14-12-21(30-19-5-3-2-4-18(14)19)28-16-7-9-17(10-8-16)29-22(31)15-6-11-20(27-13-15)23(24,25)26/h2-6,11-13,16-17H,7-10H2,1H3,(H,28,30)(H,29,31). The largest absolute Gasteiger partial charge is 0.433 e. The fraction of sp³-hybridized carbons (Fsp3) is 0.348. The quantitative estimate of drug-likeness (QED) is 0.606. The second-order valence-corrected chi connectivity index (χ2v) is 7.94. The van der Waals surface area contributed by atoms with Gasteiger partial charge in [0.05, 0.1) is 11.1 Å². The van der Waals surface area contributed by atoms with Crippen LogP contribution in [0.4, 0.5) is 19.0 Å². The number of aryl methyl sites for hydroxylation is 1. The van der Waals surface area contributed by atoms with Gasteiger partial charge in [0.1, 0.15) is 11.5 Å². The number of hydrogen-bond donors (Lipinski definition) is 2. The Morgan fingerprint density at radius 1 is 1.03 bits per heavy atom. The SMILES string of the molecule is Cc1cc(NC2CCC(NC(=O)c3ccc(C(F)(F)F)nc3)CC2)nc2ccccc12. The summed E-state index contributed by atoms with van der Waals surface area (Å²) in [5, 5.41) is 7.54. The van der Waals surface area contributed by atoms with Gasteiger partial charge in [-0.3, -0.25) is 9.78 Å². The topological polar surface area (TPSA) is 66.9 Å². The van der Waals surface area contributed by atoms with Gasteiger partial charge < -0.3 is 10.6 Å². The van der Waals surface area contributed by atoms with Crippen LogP contribution in [0.15, 0.2) is 48.7 Å². The minimum absolute atomic E-state index is 0.0147. The molecule has 162 valence electrons. The number of pyridine rings is 2. The van der Waals surface area contributed by atoms with Gasteiger partial charge in [0, 0.05) is 23.7 Å². The summed E-state index contributed by atoms with van der Waals surface area (Å²) < 4.78 is 37.8. The molecule has 1 aliphatic carbocycles. The van der Waals surface area contributed by atoms with Crippen molar-refractivity contribution in [3.8, 4) is 0 Å². The average molecular weight is 428 g/mol. The number of amides is 1. The molecule has 0 spiro atoms. The summed E-state index contributed by atoms with van der Waals surface area (Å²) in [6.07, 6.45) is -0.251. The van der Waals surface area contributed by atoms with Crippen molar-refractivity contribution >= 4 is 22.6 Å². The molecule has 3 aromatic rings. The summed E-state index contributed by atoms with van der Waals surface area (Å²) in [7, 11) is 0. The van der Waals surface area contributed by atoms with E-state index in [0.29, 0.717) is 0 Å². The molecule has 1 saturated carbocycles. The van der Waals surface area contributed by atoms with Crippen LogP contribution in [0, 0.1) is 6.92 Å². The third-order valence-corrected chi connectivity index (χ3v) is 5.65. The van der Waals surface area contributed by atoms with Gasteiger partial charge in [-0.1, -0.05) is 18.2 Å². The van der Waals surface area contributed by atoms with Crippen LogP contribution in [-0.2, 0) is 6.18 Å². The van der Waals surface area contributed by atoms with E-state index in [-0.39, 0.29) is 17.6 Å². The lowest BCUT2D eigenvalue weighted by atomic mass is 9.91. The van der Waals surface area contributed by atoms with E-state index in [1.54, 1.807) is 0 Å². The van der Waals surface area contributed by atoms with Crippen molar-refractivity contribution in [2.24, 2.45) is 0 Å². The molecule has 2 N–H and O–H groups in total. The Morgan fingerprint density at radius 2 is 1.74 bits per heavy atom. The van der Waals surface area contributed by atoms with Crippen molar-refractivity contribution in [3.63, 3.8) is 0 Å². The maximum absolute atomic E-state index is 12.6. The Labute approximate surface area is 178 Å². The van der Waals surface area contributed by atoms with E-state index in [2.05, 4.69) is 28.6 Å². The highest BCUT2D eigenvalue weighted by atomic mass is 19.4. The van der Waals surface area contributed by atoms with E-state index in [4.69, 9.17) is 4.98 Å². The van der Waals surface area contributed by atoms with Crippen LogP contribution in [0.1, 0.15) is 47.3 Å². The highest BCUT2D eigenvalue weighted by molar-refractivity contribution is 5.94. The Hall–Kier alpha value is -3.16. The van der Waals surface area contributed by atoms with Crippen molar-refractivity contribution in [1.29, 1.82) is 0 Å². The Bertz CT molecular complexity index is 1070. The number of benzene rings is 1. The first-order valence-electron chi connectivity index (χ1n) is 10.3. The number of para-hydroxylation sites is 1. The molecule has 8 heteroatoms. The van der Waals surface area contributed by atoms with Crippen LogP contribution in [-0.4, -0.2) is 28.0 Å². The van der Waals surface area contributed by atoms with Crippen LogP contribution in [0.5, 0.6) is 0 Å². The number of rotatable bonds is 4. The smallest absolute Gasteiger partial charge is 0.367 e. The maximum Gasteiger partial charge on any atom is 0.433 e. The number of carbonyl (C=O) groups excluding carboxylic acids is 1. The summed E-state index contributed by atoms with van der Waals surface area (Å²) in [4.78, 5) is 20.4. The van der Waals surface area contributed by atoms with Gasteiger partial charge in [0.25, 0.3) is 5.91 Å². The number of halogens is 3. The van der Waals surface area contributed by atoms with E-state index in [1.807, 2.05) is 24.3 Å². The number of alkyl halides is 3. The van der Waals surface area contributed by atoms with Gasteiger partial charge in [-0.25, -0.2) is 4.98 Å². The van der Waals surface area contributed by atoms with Crippen molar-refractivity contribution in [2.45, 2.75) is 50.9 Å². The molecule has 1 aromatic carbocycles. The summed E-state index contributed by atoms with van der Waals surface area (Å²) >= 11 is 0. The van der Waals surface area contributed by atoms with Crippen LogP contribution in [0.25, 0.3) is 10.9 Å². The predicted molar refractivity (Wildman–Crippen MR) is 113 cm³/mol. The molecule has 1 amide bonds. The average Bonchev–Trinajstić information content (AvgIpc) is 2.75. The zero-order valence-electron chi connectivity index (χ0n) is 17.0. The zero-order chi connectivity index (χ0) is 22.0. The molecule has 0 saturated heterocycles. The number of hydrogen-bond acceptors (Lipinski definition) is 4. The predicted octanol–water partition coefficient (Wildman–Crippen LogP) is 5.11. The molecule has 4 rings (SSSR count). The summed E-state index contributed by atoms with van der Waals surface area (Å²) in [5.74, 6) is 0.448. The van der Waals surface area contributed by atoms with Crippen molar-refractivity contribution < 1.29 is 18.0 Å². The number of nitrogens with one attached hydrogen (secondary N) is 2. The molecule has 0 atom stereocenters. The molecule has 2 heterocycles. The number of aromatic nitrogens is 2. The highest BCUT2D eigenvalue weighted by Crippen LogP contribution is 2.28. The van der Waals surface area contributed by atoms with Crippen LogP contribution in [0.3, 0.4) is 0 Å². The normalized spacial score (nSPS) is 19.2. The molecule has 0 bridgehead atoms. The molecule has 31 heavy (non-hydrogen) atoms. The van der Waals surface area contributed by atoms with Crippen LogP contribution < -0.4 is 10.6 Å². The molecule has 0 radical (unpaired) electrons. The first-order chi connectivity index (χ1) is 14.8. The summed E-state index contributed by atoms with van der Waals surface area (Å²) in [5.41, 5.74) is 1.24. The lowest BCUT2D eigenvalue weighted by Crippen LogP contribution is -2.40. The van der Waals surface area contributed by atoms with E-state index < -0.39 is 17.8 Å². The highest BCUT2D eigenvalue weighted by Gasteiger charge is 2.32. The lowest BCUT2D eigenvalue weighted by Gasteiger charge is -2.30. The number of nitrogens with zero attached hydrogens (tertiary/aromatic N) is 2. The fourth-order valence-electron chi connectivity index (χ4n) is 3.98.